The van der Waals surface area contributed by atoms with E-state index in [1.165, 1.54) is 0 Å². The summed E-state index contributed by atoms with van der Waals surface area (Å²) in [5.74, 6) is 0.433. The van der Waals surface area contributed by atoms with Crippen molar-refractivity contribution in [3.05, 3.63) is 53.7 Å². The molecule has 0 bridgehead atoms. The Morgan fingerprint density at radius 1 is 1.33 bits per heavy atom. The van der Waals surface area contributed by atoms with E-state index in [-0.39, 0.29) is 5.91 Å². The van der Waals surface area contributed by atoms with E-state index in [1.807, 2.05) is 24.3 Å². The molecule has 2 heterocycles. The van der Waals surface area contributed by atoms with Gasteiger partial charge >= 0.3 is 0 Å². The van der Waals surface area contributed by atoms with Crippen molar-refractivity contribution in [3.63, 3.8) is 0 Å². The summed E-state index contributed by atoms with van der Waals surface area (Å²) in [7, 11) is 0. The molecule has 0 radical (unpaired) electrons. The molecule has 18 heavy (non-hydrogen) atoms. The maximum Gasteiger partial charge on any atom is 0.259 e. The van der Waals surface area contributed by atoms with Crippen molar-refractivity contribution >= 4 is 17.4 Å². The van der Waals surface area contributed by atoms with Gasteiger partial charge in [0.05, 0.1) is 12.7 Å². The highest BCUT2D eigenvalue weighted by molar-refractivity contribution is 6.08. The molecular weight excluding hydrogens is 228 g/mol. The third kappa shape index (κ3) is 1.41. The number of nitrogens with one attached hydrogen (secondary N) is 1. The second kappa shape index (κ2) is 3.73. The lowest BCUT2D eigenvalue weighted by Gasteiger charge is -2.16. The Bertz CT molecular complexity index is 609. The number of nitrogen functional groups attached to an aromatic ring is 1. The van der Waals surface area contributed by atoms with Gasteiger partial charge in [0.1, 0.15) is 5.82 Å². The topological polar surface area (TPSA) is 75.0 Å². The lowest BCUT2D eigenvalue weighted by Crippen LogP contribution is -2.22. The van der Waals surface area contributed by atoms with Gasteiger partial charge in [0.15, 0.2) is 0 Å². The number of nitrogens with two attached hydrogens (primary N) is 1. The van der Waals surface area contributed by atoms with E-state index in [2.05, 4.69) is 16.8 Å². The van der Waals surface area contributed by atoms with Crippen LogP contribution in [0, 0.1) is 0 Å². The Balaban J connectivity index is 1.95. The molecule has 1 aliphatic rings. The van der Waals surface area contributed by atoms with E-state index >= 15 is 0 Å². The van der Waals surface area contributed by atoms with Crippen LogP contribution >= 0.6 is 0 Å². The van der Waals surface area contributed by atoms with E-state index < -0.39 is 0 Å². The average Bonchev–Trinajstić information content (AvgIpc) is 2.89. The lowest BCUT2D eigenvalue weighted by atomic mass is 10.1. The van der Waals surface area contributed by atoms with Crippen LogP contribution in [0.25, 0.3) is 5.70 Å². The van der Waals surface area contributed by atoms with Crippen molar-refractivity contribution in [2.45, 2.75) is 6.54 Å². The Hall–Kier alpha value is -2.56. The van der Waals surface area contributed by atoms with Gasteiger partial charge < -0.3 is 10.6 Å². The molecular formula is C13H12N4O. The lowest BCUT2D eigenvalue weighted by molar-refractivity contribution is 0.0843. The summed E-state index contributed by atoms with van der Waals surface area (Å²) >= 11 is 0. The van der Waals surface area contributed by atoms with Crippen LogP contribution in [0.4, 0.5) is 5.82 Å². The summed E-state index contributed by atoms with van der Waals surface area (Å²) in [6, 6.07) is 7.45. The van der Waals surface area contributed by atoms with Crippen molar-refractivity contribution in [1.29, 1.82) is 0 Å². The molecule has 0 saturated carbocycles. The number of fused-ring (bicyclic) bond motifs is 1. The molecule has 0 atom stereocenters. The third-order valence-electron chi connectivity index (χ3n) is 3.12. The van der Waals surface area contributed by atoms with E-state index in [9.17, 15) is 4.79 Å². The summed E-state index contributed by atoms with van der Waals surface area (Å²) < 4.78 is 0. The summed E-state index contributed by atoms with van der Waals surface area (Å²) in [5, 5.41) is 6.50. The number of amides is 1. The number of aromatic nitrogens is 2. The predicted molar refractivity (Wildman–Crippen MR) is 68.3 cm³/mol. The minimum Gasteiger partial charge on any atom is -0.384 e. The van der Waals surface area contributed by atoms with Crippen LogP contribution in [0.1, 0.15) is 21.5 Å². The smallest absolute Gasteiger partial charge is 0.259 e. The molecule has 5 nitrogen and oxygen atoms in total. The number of carbonyl (C=O) groups is 1. The van der Waals surface area contributed by atoms with Crippen LogP contribution in [-0.2, 0) is 6.54 Å². The summed E-state index contributed by atoms with van der Waals surface area (Å²) in [5.41, 5.74) is 8.79. The van der Waals surface area contributed by atoms with Crippen molar-refractivity contribution in [1.82, 2.24) is 15.1 Å². The zero-order valence-corrected chi connectivity index (χ0v) is 9.68. The predicted octanol–water partition coefficient (Wildman–Crippen LogP) is 1.62. The zero-order valence-electron chi connectivity index (χ0n) is 9.68. The first-order chi connectivity index (χ1) is 8.68. The van der Waals surface area contributed by atoms with E-state index in [0.29, 0.717) is 23.6 Å². The first-order valence-corrected chi connectivity index (χ1v) is 5.56. The first-order valence-electron chi connectivity index (χ1n) is 5.56. The molecule has 1 amide bonds. The standard InChI is InChI=1S/C13H12N4O/c1-8-10-4-2-3-5-11(10)13(18)17(8)7-9-6-15-16-12(9)14/h2-6H,1,7H2,(H3,14,15,16). The number of hydrogen-bond donors (Lipinski definition) is 2. The number of benzene rings is 1. The number of carbonyl (C=O) groups excluding carboxylic acids is 1. The molecule has 3 N–H and O–H groups in total. The van der Waals surface area contributed by atoms with Gasteiger partial charge in [-0.15, -0.1) is 0 Å². The van der Waals surface area contributed by atoms with Gasteiger partial charge in [-0.05, 0) is 6.07 Å². The quantitative estimate of drug-likeness (QED) is 0.837. The average molecular weight is 240 g/mol. The highest BCUT2D eigenvalue weighted by Gasteiger charge is 2.30. The van der Waals surface area contributed by atoms with Gasteiger partial charge in [-0.1, -0.05) is 24.8 Å². The van der Waals surface area contributed by atoms with Crippen molar-refractivity contribution in [2.24, 2.45) is 0 Å². The van der Waals surface area contributed by atoms with E-state index in [4.69, 9.17) is 5.73 Å². The normalized spacial score (nSPS) is 14.1. The molecule has 5 heteroatoms. The summed E-state index contributed by atoms with van der Waals surface area (Å²) in [6.07, 6.45) is 1.62. The number of anilines is 1. The molecule has 0 spiro atoms. The van der Waals surface area contributed by atoms with Crippen molar-refractivity contribution < 1.29 is 4.79 Å². The fourth-order valence-electron chi connectivity index (χ4n) is 2.12. The monoisotopic (exact) mass is 240 g/mol. The third-order valence-corrected chi connectivity index (χ3v) is 3.12. The minimum absolute atomic E-state index is 0.0452. The Labute approximate surface area is 104 Å². The Morgan fingerprint density at radius 2 is 2.06 bits per heavy atom. The number of rotatable bonds is 2. The van der Waals surface area contributed by atoms with Crippen molar-refractivity contribution in [2.75, 3.05) is 5.73 Å². The van der Waals surface area contributed by atoms with Crippen molar-refractivity contribution in [3.8, 4) is 0 Å². The Kier molecular flexibility index (Phi) is 2.19. The largest absolute Gasteiger partial charge is 0.384 e. The molecule has 90 valence electrons. The number of H-pyrrole nitrogens is 1. The minimum atomic E-state index is -0.0452. The molecule has 0 aliphatic carbocycles. The van der Waals surface area contributed by atoms with Gasteiger partial charge in [-0.3, -0.25) is 9.89 Å². The second-order valence-electron chi connectivity index (χ2n) is 4.19. The molecule has 1 aromatic carbocycles. The molecule has 0 saturated heterocycles. The van der Waals surface area contributed by atoms with Crippen LogP contribution in [0.15, 0.2) is 37.0 Å². The SMILES string of the molecule is C=C1c2ccccc2C(=O)N1Cc1cn[nH]c1N. The highest BCUT2D eigenvalue weighted by Crippen LogP contribution is 2.32. The van der Waals surface area contributed by atoms with E-state index in [1.54, 1.807) is 11.1 Å². The van der Waals surface area contributed by atoms with Gasteiger partial charge in [-0.2, -0.15) is 5.10 Å². The molecule has 1 aliphatic heterocycles. The fourth-order valence-corrected chi connectivity index (χ4v) is 2.12. The molecule has 0 fully saturated rings. The number of nitrogens with zero attached hydrogens (tertiary/aromatic N) is 2. The molecule has 1 aromatic heterocycles. The summed E-state index contributed by atoms with van der Waals surface area (Å²) in [6.45, 7) is 4.35. The zero-order chi connectivity index (χ0) is 12.7. The van der Waals surface area contributed by atoms with Gasteiger partial charge in [0.25, 0.3) is 5.91 Å². The first kappa shape index (κ1) is 10.6. The van der Waals surface area contributed by atoms with Gasteiger partial charge in [0.2, 0.25) is 0 Å². The number of hydrogen-bond acceptors (Lipinski definition) is 3. The maximum absolute atomic E-state index is 12.2. The highest BCUT2D eigenvalue weighted by atomic mass is 16.2. The molecule has 3 rings (SSSR count). The maximum atomic E-state index is 12.2. The van der Waals surface area contributed by atoms with Gasteiger partial charge in [0, 0.05) is 22.4 Å². The van der Waals surface area contributed by atoms with Crippen LogP contribution in [0.3, 0.4) is 0 Å². The number of aromatic amines is 1. The van der Waals surface area contributed by atoms with Crippen LogP contribution in [0.5, 0.6) is 0 Å². The van der Waals surface area contributed by atoms with E-state index in [0.717, 1.165) is 11.1 Å². The Morgan fingerprint density at radius 3 is 2.67 bits per heavy atom. The fraction of sp³-hybridized carbons (Fsp3) is 0.0769. The van der Waals surface area contributed by atoms with Crippen LogP contribution < -0.4 is 5.73 Å². The van der Waals surface area contributed by atoms with Gasteiger partial charge in [-0.25, -0.2) is 0 Å². The van der Waals surface area contributed by atoms with Crippen LogP contribution in [0.2, 0.25) is 0 Å². The molecule has 0 unspecified atom stereocenters. The van der Waals surface area contributed by atoms with Crippen LogP contribution in [-0.4, -0.2) is 21.0 Å². The second-order valence-corrected chi connectivity index (χ2v) is 4.19. The summed E-state index contributed by atoms with van der Waals surface area (Å²) in [4.78, 5) is 13.9. The molecule has 2 aromatic rings.